The second-order valence-electron chi connectivity index (χ2n) is 4.96. The molecule has 0 aromatic rings. The molecule has 0 rings (SSSR count). The van der Waals surface area contributed by atoms with E-state index in [1.807, 2.05) is 0 Å². The van der Waals surface area contributed by atoms with Gasteiger partial charge in [-0.25, -0.2) is 0 Å². The Kier molecular flexibility index (Phi) is 10.8. The molecule has 0 aromatic heterocycles. The van der Waals surface area contributed by atoms with Crippen molar-refractivity contribution < 1.29 is 38.9 Å². The lowest BCUT2D eigenvalue weighted by Gasteiger charge is -2.16. The summed E-state index contributed by atoms with van der Waals surface area (Å²) in [6.45, 7) is 3.82. The van der Waals surface area contributed by atoms with Crippen molar-refractivity contribution in [2.75, 3.05) is 13.2 Å². The molecule has 0 heterocycles. The zero-order valence-electron chi connectivity index (χ0n) is 13.4. The van der Waals surface area contributed by atoms with Crippen molar-refractivity contribution in [1.82, 2.24) is 0 Å². The number of hydrogen-bond donors (Lipinski definition) is 2. The summed E-state index contributed by atoms with van der Waals surface area (Å²) in [5, 5.41) is 17.1. The van der Waals surface area contributed by atoms with Crippen LogP contribution in [0.25, 0.3) is 0 Å². The Morgan fingerprint density at radius 3 is 1.39 bits per heavy atom. The van der Waals surface area contributed by atoms with Crippen molar-refractivity contribution in [2.24, 2.45) is 0 Å². The minimum absolute atomic E-state index is 0.188. The first-order valence-corrected chi connectivity index (χ1v) is 7.53. The summed E-state index contributed by atoms with van der Waals surface area (Å²) in [6.07, 6.45) is -1.51. The first-order chi connectivity index (χ1) is 10.8. The number of carboxylic acid groups (broad SMARTS) is 2. The van der Waals surface area contributed by atoms with Crippen LogP contribution < -0.4 is 0 Å². The van der Waals surface area contributed by atoms with Gasteiger partial charge in [0.25, 0.3) is 0 Å². The maximum Gasteiger partial charge on any atom is 0.310 e. The quantitative estimate of drug-likeness (QED) is 0.357. The zero-order chi connectivity index (χ0) is 17.8. The van der Waals surface area contributed by atoms with Gasteiger partial charge in [-0.1, -0.05) is 13.8 Å². The smallest absolute Gasteiger partial charge is 0.310 e. The van der Waals surface area contributed by atoms with Crippen LogP contribution in [-0.2, 0) is 28.7 Å². The highest BCUT2D eigenvalue weighted by atomic mass is 16.5. The molecule has 23 heavy (non-hydrogen) atoms. The van der Waals surface area contributed by atoms with Crippen molar-refractivity contribution >= 4 is 23.5 Å². The van der Waals surface area contributed by atoms with Crippen LogP contribution in [-0.4, -0.2) is 59.1 Å². The van der Waals surface area contributed by atoms with Gasteiger partial charge in [-0.05, 0) is 19.3 Å². The lowest BCUT2D eigenvalue weighted by molar-refractivity contribution is -0.144. The van der Waals surface area contributed by atoms with Crippen LogP contribution >= 0.6 is 0 Å². The molecule has 0 aromatic carbocycles. The molecular formula is C15H24O8. The van der Waals surface area contributed by atoms with Crippen molar-refractivity contribution in [1.29, 1.82) is 0 Å². The molecule has 0 aliphatic heterocycles. The third kappa shape index (κ3) is 9.75. The molecule has 0 radical (unpaired) electrons. The van der Waals surface area contributed by atoms with E-state index in [0.717, 1.165) is 0 Å². The van der Waals surface area contributed by atoms with E-state index in [1.54, 1.807) is 13.8 Å². The van der Waals surface area contributed by atoms with Crippen molar-refractivity contribution in [3.05, 3.63) is 0 Å². The molecular weight excluding hydrogens is 308 g/mol. The molecule has 0 saturated heterocycles. The highest BCUT2D eigenvalue weighted by Gasteiger charge is 2.21. The zero-order valence-corrected chi connectivity index (χ0v) is 13.4. The van der Waals surface area contributed by atoms with Gasteiger partial charge in [0.05, 0.1) is 0 Å². The molecule has 0 aliphatic carbocycles. The molecule has 2 atom stereocenters. The second-order valence-corrected chi connectivity index (χ2v) is 4.96. The van der Waals surface area contributed by atoms with Crippen LogP contribution in [0.1, 0.15) is 46.0 Å². The number of carboxylic acids is 2. The number of hydrogen-bond acceptors (Lipinski definition) is 6. The van der Waals surface area contributed by atoms with E-state index in [4.69, 9.17) is 19.7 Å². The monoisotopic (exact) mass is 332 g/mol. The standard InChI is InChI=1S/C15H24O8/c1-3-12(10(16)8-14(18)19)22-6-5-7-23-13(4-2)11(17)9-15(20)21/h12-13H,3-9H2,1-2H3,(H,18,19)(H,20,21). The summed E-state index contributed by atoms with van der Waals surface area (Å²) in [5.41, 5.74) is 0. The summed E-state index contributed by atoms with van der Waals surface area (Å²) in [4.78, 5) is 44.1. The van der Waals surface area contributed by atoms with Gasteiger partial charge in [-0.15, -0.1) is 0 Å². The summed E-state index contributed by atoms with van der Waals surface area (Å²) in [7, 11) is 0. The lowest BCUT2D eigenvalue weighted by atomic mass is 10.1. The van der Waals surface area contributed by atoms with Crippen molar-refractivity contribution in [2.45, 2.75) is 58.2 Å². The van der Waals surface area contributed by atoms with Crippen molar-refractivity contribution in [3.8, 4) is 0 Å². The largest absolute Gasteiger partial charge is 0.481 e. The van der Waals surface area contributed by atoms with Crippen LogP contribution in [0.2, 0.25) is 0 Å². The number of carbonyl (C=O) groups excluding carboxylic acids is 2. The topological polar surface area (TPSA) is 127 Å². The average molecular weight is 332 g/mol. The number of rotatable bonds is 14. The molecule has 8 nitrogen and oxygen atoms in total. The van der Waals surface area contributed by atoms with Crippen LogP contribution in [0, 0.1) is 0 Å². The molecule has 2 N–H and O–H groups in total. The normalized spacial score (nSPS) is 13.3. The third-order valence-electron chi connectivity index (χ3n) is 3.04. The Hall–Kier alpha value is -1.80. The summed E-state index contributed by atoms with van der Waals surface area (Å²) in [6, 6.07) is 0. The van der Waals surface area contributed by atoms with E-state index in [1.165, 1.54) is 0 Å². The van der Waals surface area contributed by atoms with Gasteiger partial charge in [-0.3, -0.25) is 19.2 Å². The molecule has 0 amide bonds. The lowest BCUT2D eigenvalue weighted by Crippen LogP contribution is -2.28. The summed E-state index contributed by atoms with van der Waals surface area (Å²) < 4.78 is 10.6. The maximum atomic E-state index is 11.6. The minimum Gasteiger partial charge on any atom is -0.481 e. The Morgan fingerprint density at radius 2 is 1.13 bits per heavy atom. The first kappa shape index (κ1) is 21.2. The highest BCUT2D eigenvalue weighted by molar-refractivity contribution is 5.97. The van der Waals surface area contributed by atoms with Gasteiger partial charge in [0.15, 0.2) is 11.6 Å². The molecule has 0 fully saturated rings. The van der Waals surface area contributed by atoms with Crippen LogP contribution in [0.15, 0.2) is 0 Å². The van der Waals surface area contributed by atoms with Gasteiger partial charge < -0.3 is 19.7 Å². The summed E-state index contributed by atoms with van der Waals surface area (Å²) in [5.74, 6) is -3.35. The fourth-order valence-corrected chi connectivity index (χ4v) is 1.91. The number of Topliss-reactive ketones (excluding diaryl/α,β-unsaturated/α-hetero) is 2. The van der Waals surface area contributed by atoms with Crippen molar-refractivity contribution in [3.63, 3.8) is 0 Å². The molecule has 0 saturated carbocycles. The average Bonchev–Trinajstić information content (AvgIpc) is 2.44. The van der Waals surface area contributed by atoms with Crippen LogP contribution in [0.3, 0.4) is 0 Å². The van der Waals surface area contributed by atoms with E-state index >= 15 is 0 Å². The second kappa shape index (κ2) is 11.7. The molecule has 0 spiro atoms. The van der Waals surface area contributed by atoms with E-state index < -0.39 is 48.6 Å². The molecule has 2 unspecified atom stereocenters. The number of ether oxygens (including phenoxy) is 2. The van der Waals surface area contributed by atoms with E-state index in [0.29, 0.717) is 19.3 Å². The Labute approximate surface area is 134 Å². The molecule has 132 valence electrons. The maximum absolute atomic E-state index is 11.6. The molecule has 8 heteroatoms. The van der Waals surface area contributed by atoms with E-state index in [2.05, 4.69) is 0 Å². The Bertz CT molecular complexity index is 380. The number of carbonyl (C=O) groups is 4. The molecule has 0 bridgehead atoms. The molecule has 0 aliphatic rings. The Balaban J connectivity index is 4.05. The van der Waals surface area contributed by atoms with E-state index in [9.17, 15) is 19.2 Å². The SMILES string of the molecule is CCC(OCCCOC(CC)C(=O)CC(=O)O)C(=O)CC(=O)O. The highest BCUT2D eigenvalue weighted by Crippen LogP contribution is 2.06. The number of aliphatic carboxylic acids is 2. The Morgan fingerprint density at radius 1 is 0.783 bits per heavy atom. The predicted octanol–water partition coefficient (Wildman–Crippen LogP) is 1.05. The van der Waals surface area contributed by atoms with Gasteiger partial charge in [-0.2, -0.15) is 0 Å². The first-order valence-electron chi connectivity index (χ1n) is 7.53. The van der Waals surface area contributed by atoms with Gasteiger partial charge in [0.2, 0.25) is 0 Å². The van der Waals surface area contributed by atoms with Gasteiger partial charge in [0.1, 0.15) is 25.0 Å². The number of ketones is 2. The van der Waals surface area contributed by atoms with E-state index in [-0.39, 0.29) is 13.2 Å². The van der Waals surface area contributed by atoms with Gasteiger partial charge >= 0.3 is 11.9 Å². The van der Waals surface area contributed by atoms with Crippen LogP contribution in [0.5, 0.6) is 0 Å². The summed E-state index contributed by atoms with van der Waals surface area (Å²) >= 11 is 0. The fraction of sp³-hybridized carbons (Fsp3) is 0.733. The van der Waals surface area contributed by atoms with Crippen LogP contribution in [0.4, 0.5) is 0 Å². The van der Waals surface area contributed by atoms with Gasteiger partial charge in [0, 0.05) is 13.2 Å². The fourth-order valence-electron chi connectivity index (χ4n) is 1.91. The predicted molar refractivity (Wildman–Crippen MR) is 79.2 cm³/mol. The third-order valence-corrected chi connectivity index (χ3v) is 3.04. The minimum atomic E-state index is -1.19.